The third-order valence-electron chi connectivity index (χ3n) is 5.53. The highest BCUT2D eigenvalue weighted by Gasteiger charge is 2.26. The zero-order valence-electron chi connectivity index (χ0n) is 17.8. The summed E-state index contributed by atoms with van der Waals surface area (Å²) in [4.78, 5) is 25.2. The molecule has 2 N–H and O–H groups in total. The number of anilines is 1. The summed E-state index contributed by atoms with van der Waals surface area (Å²) >= 11 is 11.7. The van der Waals surface area contributed by atoms with Crippen molar-refractivity contribution in [2.75, 3.05) is 11.9 Å². The molecule has 0 saturated carbocycles. The fraction of sp³-hybridized carbons (Fsp3) is 0.200. The first-order valence-corrected chi connectivity index (χ1v) is 11.1. The smallest absolute Gasteiger partial charge is 0.255 e. The van der Waals surface area contributed by atoms with Crippen LogP contribution in [0.3, 0.4) is 0 Å². The zero-order chi connectivity index (χ0) is 23.5. The number of halogens is 3. The van der Waals surface area contributed by atoms with Gasteiger partial charge in [0.15, 0.2) is 0 Å². The fourth-order valence-electron chi connectivity index (χ4n) is 3.67. The van der Waals surface area contributed by atoms with Gasteiger partial charge in [-0.3, -0.25) is 9.59 Å². The monoisotopic (exact) mass is 486 g/mol. The van der Waals surface area contributed by atoms with Gasteiger partial charge in [0, 0.05) is 22.8 Å². The number of hydrogen-bond acceptors (Lipinski definition) is 3. The highest BCUT2D eigenvalue weighted by atomic mass is 35.5. The molecule has 1 aliphatic rings. The third-order valence-corrected chi connectivity index (χ3v) is 6.08. The molecule has 0 aromatic heterocycles. The van der Waals surface area contributed by atoms with Gasteiger partial charge < -0.3 is 15.4 Å². The van der Waals surface area contributed by atoms with Crippen molar-refractivity contribution in [2.45, 2.75) is 19.9 Å². The normalized spacial score (nSPS) is 14.7. The first-order chi connectivity index (χ1) is 15.8. The minimum Gasteiger partial charge on any atom is -0.492 e. The lowest BCUT2D eigenvalue weighted by Gasteiger charge is -2.25. The Bertz CT molecular complexity index is 1230. The van der Waals surface area contributed by atoms with Crippen LogP contribution in [0, 0.1) is 18.7 Å². The van der Waals surface area contributed by atoms with E-state index in [9.17, 15) is 14.0 Å². The molecule has 5 nitrogen and oxygen atoms in total. The summed E-state index contributed by atoms with van der Waals surface area (Å²) in [5.74, 6) is -0.925. The van der Waals surface area contributed by atoms with Crippen LogP contribution >= 0.6 is 23.2 Å². The van der Waals surface area contributed by atoms with Gasteiger partial charge >= 0.3 is 0 Å². The predicted octanol–water partition coefficient (Wildman–Crippen LogP) is 5.56. The molecule has 3 aromatic rings. The number of ether oxygens (including phenoxy) is 1. The van der Waals surface area contributed by atoms with E-state index in [0.29, 0.717) is 29.4 Å². The van der Waals surface area contributed by atoms with E-state index in [1.165, 1.54) is 12.1 Å². The summed E-state index contributed by atoms with van der Waals surface area (Å²) in [5.41, 5.74) is 3.49. The lowest BCUT2D eigenvalue weighted by atomic mass is 9.95. The second-order valence-corrected chi connectivity index (χ2v) is 8.75. The summed E-state index contributed by atoms with van der Waals surface area (Å²) in [5, 5.41) is 6.31. The molecule has 170 valence electrons. The summed E-state index contributed by atoms with van der Waals surface area (Å²) in [6.07, 6.45) is 0.472. The SMILES string of the molecule is Cc1cc(Cl)ccc1CNC(=O)C1COc2ccc(NC(=O)c3ccc(Cl)c(F)c3)cc2C1. The maximum atomic E-state index is 13.7. The van der Waals surface area contributed by atoms with Gasteiger partial charge in [-0.1, -0.05) is 29.3 Å². The van der Waals surface area contributed by atoms with Crippen molar-refractivity contribution in [3.63, 3.8) is 0 Å². The Balaban J connectivity index is 1.40. The minimum absolute atomic E-state index is 0.0481. The fourth-order valence-corrected chi connectivity index (χ4v) is 4.01. The van der Waals surface area contributed by atoms with Crippen molar-refractivity contribution in [1.82, 2.24) is 5.32 Å². The van der Waals surface area contributed by atoms with Crippen LogP contribution in [0.15, 0.2) is 54.6 Å². The van der Waals surface area contributed by atoms with E-state index < -0.39 is 11.7 Å². The van der Waals surface area contributed by atoms with E-state index in [-0.39, 0.29) is 29.0 Å². The van der Waals surface area contributed by atoms with Crippen molar-refractivity contribution in [3.05, 3.63) is 92.7 Å². The van der Waals surface area contributed by atoms with Crippen LogP contribution in [0.2, 0.25) is 10.0 Å². The number of hydrogen-bond donors (Lipinski definition) is 2. The molecule has 1 aliphatic heterocycles. The molecule has 0 fully saturated rings. The molecule has 4 rings (SSSR count). The van der Waals surface area contributed by atoms with Gasteiger partial charge in [-0.05, 0) is 78.6 Å². The minimum atomic E-state index is -0.661. The van der Waals surface area contributed by atoms with E-state index in [4.69, 9.17) is 27.9 Å². The number of aryl methyl sites for hydroxylation is 1. The summed E-state index contributed by atoms with van der Waals surface area (Å²) < 4.78 is 19.4. The number of carbonyl (C=O) groups excluding carboxylic acids is 2. The first-order valence-electron chi connectivity index (χ1n) is 10.3. The Morgan fingerprint density at radius 3 is 2.67 bits per heavy atom. The summed E-state index contributed by atoms with van der Waals surface area (Å²) in [6, 6.07) is 14.6. The first kappa shape index (κ1) is 23.1. The highest BCUT2D eigenvalue weighted by Crippen LogP contribution is 2.30. The maximum Gasteiger partial charge on any atom is 0.255 e. The largest absolute Gasteiger partial charge is 0.492 e. The van der Waals surface area contributed by atoms with E-state index in [1.54, 1.807) is 24.3 Å². The molecule has 33 heavy (non-hydrogen) atoms. The van der Waals surface area contributed by atoms with Crippen molar-refractivity contribution in [1.29, 1.82) is 0 Å². The molecule has 0 bridgehead atoms. The number of benzene rings is 3. The Hall–Kier alpha value is -3.09. The van der Waals surface area contributed by atoms with Crippen molar-refractivity contribution >= 4 is 40.7 Å². The molecule has 0 radical (unpaired) electrons. The predicted molar refractivity (Wildman–Crippen MR) is 127 cm³/mol. The number of rotatable bonds is 5. The molecule has 1 atom stereocenters. The second-order valence-electron chi connectivity index (χ2n) is 7.91. The molecular formula is C25H21Cl2FN2O3. The van der Waals surface area contributed by atoms with Gasteiger partial charge in [0.25, 0.3) is 5.91 Å². The summed E-state index contributed by atoms with van der Waals surface area (Å²) in [6.45, 7) is 2.62. The third kappa shape index (κ3) is 5.46. The van der Waals surface area contributed by atoms with E-state index in [0.717, 1.165) is 22.8 Å². The van der Waals surface area contributed by atoms with Crippen molar-refractivity contribution in [3.8, 4) is 5.75 Å². The molecule has 0 aliphatic carbocycles. The summed E-state index contributed by atoms with van der Waals surface area (Å²) in [7, 11) is 0. The van der Waals surface area contributed by atoms with E-state index >= 15 is 0 Å². The Labute approximate surface area is 200 Å². The topological polar surface area (TPSA) is 67.4 Å². The van der Waals surface area contributed by atoms with Crippen molar-refractivity contribution in [2.24, 2.45) is 5.92 Å². The van der Waals surface area contributed by atoms with Gasteiger partial charge in [-0.2, -0.15) is 0 Å². The second kappa shape index (κ2) is 9.81. The molecule has 2 amide bonds. The van der Waals surface area contributed by atoms with Gasteiger partial charge in [0.05, 0.1) is 10.9 Å². The van der Waals surface area contributed by atoms with Crippen LogP contribution in [-0.4, -0.2) is 18.4 Å². The van der Waals surface area contributed by atoms with Gasteiger partial charge in [-0.25, -0.2) is 4.39 Å². The zero-order valence-corrected chi connectivity index (χ0v) is 19.3. The van der Waals surface area contributed by atoms with Gasteiger partial charge in [0.1, 0.15) is 18.2 Å². The molecule has 0 spiro atoms. The van der Waals surface area contributed by atoms with Crippen LogP contribution in [0.25, 0.3) is 0 Å². The quantitative estimate of drug-likeness (QED) is 0.495. The van der Waals surface area contributed by atoms with E-state index in [2.05, 4.69) is 10.6 Å². The van der Waals surface area contributed by atoms with Crippen LogP contribution in [0.5, 0.6) is 5.75 Å². The van der Waals surface area contributed by atoms with Crippen LogP contribution in [0.1, 0.15) is 27.0 Å². The molecule has 8 heteroatoms. The number of fused-ring (bicyclic) bond motifs is 1. The average Bonchev–Trinajstić information content (AvgIpc) is 2.79. The number of carbonyl (C=O) groups is 2. The van der Waals surface area contributed by atoms with Gasteiger partial charge in [-0.15, -0.1) is 0 Å². The van der Waals surface area contributed by atoms with Crippen LogP contribution in [0.4, 0.5) is 10.1 Å². The standard InChI is InChI=1S/C25H21Cl2FN2O3/c1-14-8-19(26)4-2-16(14)12-29-24(31)18-9-17-10-20(5-7-23(17)33-13-18)30-25(32)15-3-6-21(27)22(28)11-15/h2-8,10-11,18H,9,12-13H2,1H3,(H,29,31)(H,30,32). The molecule has 3 aromatic carbocycles. The Morgan fingerprint density at radius 1 is 1.09 bits per heavy atom. The lowest BCUT2D eigenvalue weighted by Crippen LogP contribution is -2.37. The molecule has 1 heterocycles. The number of amides is 2. The van der Waals surface area contributed by atoms with Crippen LogP contribution < -0.4 is 15.4 Å². The average molecular weight is 487 g/mol. The molecular weight excluding hydrogens is 466 g/mol. The molecule has 0 saturated heterocycles. The van der Waals surface area contributed by atoms with Gasteiger partial charge in [0.2, 0.25) is 5.91 Å². The highest BCUT2D eigenvalue weighted by molar-refractivity contribution is 6.31. The molecule has 1 unspecified atom stereocenters. The Morgan fingerprint density at radius 2 is 1.91 bits per heavy atom. The Kier molecular flexibility index (Phi) is 6.86. The lowest BCUT2D eigenvalue weighted by molar-refractivity contribution is -0.126. The van der Waals surface area contributed by atoms with Crippen LogP contribution in [-0.2, 0) is 17.8 Å². The number of nitrogens with one attached hydrogen (secondary N) is 2. The maximum absolute atomic E-state index is 13.7. The van der Waals surface area contributed by atoms with Crippen molar-refractivity contribution < 1.29 is 18.7 Å². The van der Waals surface area contributed by atoms with E-state index in [1.807, 2.05) is 19.1 Å².